The average Bonchev–Trinajstić information content (AvgIpc) is 2.74. The van der Waals surface area contributed by atoms with Gasteiger partial charge in [0.15, 0.2) is 5.78 Å². The Bertz CT molecular complexity index is 860. The number of Topliss-reactive ketones (excluding diaryl/α,β-unsaturated/α-hetero) is 1. The predicted octanol–water partition coefficient (Wildman–Crippen LogP) is 3.25. The molecule has 1 saturated heterocycles. The van der Waals surface area contributed by atoms with Crippen molar-refractivity contribution in [2.24, 2.45) is 5.92 Å². The van der Waals surface area contributed by atoms with Gasteiger partial charge >= 0.3 is 0 Å². The van der Waals surface area contributed by atoms with Gasteiger partial charge in [-0.1, -0.05) is 12.1 Å². The van der Waals surface area contributed by atoms with Crippen LogP contribution in [0, 0.1) is 11.7 Å². The second kappa shape index (κ2) is 8.10. The van der Waals surface area contributed by atoms with Crippen molar-refractivity contribution in [2.45, 2.75) is 12.8 Å². The molecular weight excluding hydrogens is 357 g/mol. The van der Waals surface area contributed by atoms with Crippen molar-refractivity contribution in [1.82, 2.24) is 9.80 Å². The van der Waals surface area contributed by atoms with Crippen LogP contribution in [0.3, 0.4) is 0 Å². The van der Waals surface area contributed by atoms with Gasteiger partial charge in [-0.3, -0.25) is 9.59 Å². The summed E-state index contributed by atoms with van der Waals surface area (Å²) in [4.78, 5) is 29.3. The number of anilines is 1. The molecule has 1 amide bonds. The molecule has 2 aliphatic rings. The first-order valence-corrected chi connectivity index (χ1v) is 9.76. The Labute approximate surface area is 164 Å². The fourth-order valence-electron chi connectivity index (χ4n) is 3.96. The molecule has 146 valence electrons. The second-order valence-corrected chi connectivity index (χ2v) is 7.44. The van der Waals surface area contributed by atoms with Gasteiger partial charge in [-0.05, 0) is 62.3 Å². The van der Waals surface area contributed by atoms with Crippen LogP contribution in [-0.4, -0.2) is 54.3 Å². The monoisotopic (exact) mass is 381 g/mol. The Kier molecular flexibility index (Phi) is 5.39. The highest BCUT2D eigenvalue weighted by atomic mass is 19.1. The minimum atomic E-state index is -0.323. The zero-order chi connectivity index (χ0) is 19.5. The maximum atomic E-state index is 13.0. The maximum Gasteiger partial charge on any atom is 0.257 e. The molecule has 0 aromatic heterocycles. The van der Waals surface area contributed by atoms with Gasteiger partial charge in [-0.15, -0.1) is 0 Å². The summed E-state index contributed by atoms with van der Waals surface area (Å²) < 4.78 is 13.0. The van der Waals surface area contributed by atoms with E-state index in [0.29, 0.717) is 18.8 Å². The SMILES string of the molecule is O=C(c1ccc(F)cc1)C1CCN(CCN2CNc3ccccc3C2=O)CC1. The molecule has 1 fully saturated rings. The molecule has 2 aromatic carbocycles. The molecule has 0 spiro atoms. The molecule has 4 rings (SSSR count). The van der Waals surface area contributed by atoms with Crippen LogP contribution in [0.25, 0.3) is 0 Å². The fourth-order valence-corrected chi connectivity index (χ4v) is 3.96. The lowest BCUT2D eigenvalue weighted by molar-refractivity contribution is 0.0716. The number of carbonyl (C=O) groups excluding carboxylic acids is 2. The molecule has 2 heterocycles. The maximum absolute atomic E-state index is 13.0. The number of piperidine rings is 1. The highest BCUT2D eigenvalue weighted by Crippen LogP contribution is 2.23. The number of para-hydroxylation sites is 1. The van der Waals surface area contributed by atoms with Gasteiger partial charge in [0.1, 0.15) is 5.82 Å². The van der Waals surface area contributed by atoms with Gasteiger partial charge < -0.3 is 15.1 Å². The summed E-state index contributed by atoms with van der Waals surface area (Å²) in [5, 5.41) is 3.29. The van der Waals surface area contributed by atoms with Gasteiger partial charge in [-0.2, -0.15) is 0 Å². The van der Waals surface area contributed by atoms with E-state index >= 15 is 0 Å². The number of fused-ring (bicyclic) bond motifs is 1. The van der Waals surface area contributed by atoms with Gasteiger partial charge in [0.25, 0.3) is 5.91 Å². The molecule has 2 aliphatic heterocycles. The molecule has 28 heavy (non-hydrogen) atoms. The molecular formula is C22H24FN3O2. The Hall–Kier alpha value is -2.73. The normalized spacial score (nSPS) is 17.9. The molecule has 0 radical (unpaired) electrons. The van der Waals surface area contributed by atoms with Crippen molar-refractivity contribution in [3.05, 3.63) is 65.5 Å². The Balaban J connectivity index is 1.27. The first-order chi connectivity index (χ1) is 13.6. The van der Waals surface area contributed by atoms with E-state index in [0.717, 1.165) is 43.7 Å². The summed E-state index contributed by atoms with van der Waals surface area (Å²) in [6.45, 7) is 3.66. The smallest absolute Gasteiger partial charge is 0.257 e. The number of nitrogens with one attached hydrogen (secondary N) is 1. The number of benzene rings is 2. The Morgan fingerprint density at radius 3 is 2.50 bits per heavy atom. The van der Waals surface area contributed by atoms with Crippen LogP contribution in [0.15, 0.2) is 48.5 Å². The number of amides is 1. The summed E-state index contributed by atoms with van der Waals surface area (Å²) in [5.41, 5.74) is 2.20. The van der Waals surface area contributed by atoms with Crippen LogP contribution >= 0.6 is 0 Å². The van der Waals surface area contributed by atoms with E-state index in [2.05, 4.69) is 10.2 Å². The van der Waals surface area contributed by atoms with Crippen molar-refractivity contribution < 1.29 is 14.0 Å². The van der Waals surface area contributed by atoms with Crippen molar-refractivity contribution in [2.75, 3.05) is 38.2 Å². The van der Waals surface area contributed by atoms with Gasteiger partial charge in [0.05, 0.1) is 12.2 Å². The van der Waals surface area contributed by atoms with Crippen LogP contribution in [0.1, 0.15) is 33.6 Å². The van der Waals surface area contributed by atoms with Crippen LogP contribution in [0.4, 0.5) is 10.1 Å². The summed E-state index contributed by atoms with van der Waals surface area (Å²) in [6.07, 6.45) is 1.59. The summed E-state index contributed by atoms with van der Waals surface area (Å²) >= 11 is 0. The number of rotatable bonds is 5. The Morgan fingerprint density at radius 1 is 1.04 bits per heavy atom. The number of likely N-dealkylation sites (tertiary alicyclic amines) is 1. The molecule has 1 N–H and O–H groups in total. The number of halogens is 1. The third-order valence-corrected chi connectivity index (χ3v) is 5.68. The number of ketones is 1. The Morgan fingerprint density at radius 2 is 1.75 bits per heavy atom. The lowest BCUT2D eigenvalue weighted by Crippen LogP contribution is -2.46. The fraction of sp³-hybridized carbons (Fsp3) is 0.364. The van der Waals surface area contributed by atoms with E-state index in [1.165, 1.54) is 12.1 Å². The number of nitrogens with zero attached hydrogens (tertiary/aromatic N) is 2. The molecule has 0 bridgehead atoms. The lowest BCUT2D eigenvalue weighted by Gasteiger charge is -2.34. The molecule has 0 unspecified atom stereocenters. The molecule has 6 heteroatoms. The van der Waals surface area contributed by atoms with Crippen molar-refractivity contribution in [3.8, 4) is 0 Å². The molecule has 5 nitrogen and oxygen atoms in total. The van der Waals surface area contributed by atoms with E-state index < -0.39 is 0 Å². The predicted molar refractivity (Wildman–Crippen MR) is 106 cm³/mol. The first-order valence-electron chi connectivity index (χ1n) is 9.76. The standard InChI is InChI=1S/C22H24FN3O2/c23-18-7-5-16(6-8-18)21(27)17-9-11-25(12-10-17)13-14-26-15-24-20-4-2-1-3-19(20)22(26)28/h1-8,17,24H,9-15H2. The van der Waals surface area contributed by atoms with Crippen LogP contribution in [-0.2, 0) is 0 Å². The number of carbonyl (C=O) groups is 2. The van der Waals surface area contributed by atoms with Crippen LogP contribution < -0.4 is 5.32 Å². The van der Waals surface area contributed by atoms with Crippen LogP contribution in [0.2, 0.25) is 0 Å². The minimum Gasteiger partial charge on any atom is -0.367 e. The van der Waals surface area contributed by atoms with Crippen molar-refractivity contribution >= 4 is 17.4 Å². The van der Waals surface area contributed by atoms with Gasteiger partial charge in [0.2, 0.25) is 0 Å². The van der Waals surface area contributed by atoms with Crippen LogP contribution in [0.5, 0.6) is 0 Å². The first kappa shape index (κ1) is 18.6. The third kappa shape index (κ3) is 3.92. The zero-order valence-electron chi connectivity index (χ0n) is 15.7. The van der Waals surface area contributed by atoms with Crippen molar-refractivity contribution in [1.29, 1.82) is 0 Å². The molecule has 0 aliphatic carbocycles. The summed E-state index contributed by atoms with van der Waals surface area (Å²) in [5.74, 6) is -0.162. The van der Waals surface area contributed by atoms with E-state index in [4.69, 9.17) is 0 Å². The quantitative estimate of drug-likeness (QED) is 0.808. The molecule has 0 atom stereocenters. The largest absolute Gasteiger partial charge is 0.367 e. The van der Waals surface area contributed by atoms with Gasteiger partial charge in [-0.25, -0.2) is 4.39 Å². The minimum absolute atomic E-state index is 0.00752. The van der Waals surface area contributed by atoms with E-state index in [1.807, 2.05) is 29.2 Å². The van der Waals surface area contributed by atoms with E-state index in [1.54, 1.807) is 12.1 Å². The molecule has 0 saturated carbocycles. The van der Waals surface area contributed by atoms with Crippen molar-refractivity contribution in [3.63, 3.8) is 0 Å². The van der Waals surface area contributed by atoms with E-state index in [9.17, 15) is 14.0 Å². The zero-order valence-corrected chi connectivity index (χ0v) is 15.7. The number of hydrogen-bond donors (Lipinski definition) is 1. The average molecular weight is 381 g/mol. The second-order valence-electron chi connectivity index (χ2n) is 7.44. The number of hydrogen-bond acceptors (Lipinski definition) is 4. The molecule has 2 aromatic rings. The third-order valence-electron chi connectivity index (χ3n) is 5.68. The van der Waals surface area contributed by atoms with E-state index in [-0.39, 0.29) is 23.4 Å². The summed E-state index contributed by atoms with van der Waals surface area (Å²) in [6, 6.07) is 13.4. The topological polar surface area (TPSA) is 52.7 Å². The summed E-state index contributed by atoms with van der Waals surface area (Å²) in [7, 11) is 0. The highest BCUT2D eigenvalue weighted by Gasteiger charge is 2.27. The lowest BCUT2D eigenvalue weighted by atomic mass is 9.89. The van der Waals surface area contributed by atoms with Gasteiger partial charge in [0, 0.05) is 30.3 Å². The highest BCUT2D eigenvalue weighted by molar-refractivity contribution is 6.01.